The number of anilines is 1. The summed E-state index contributed by atoms with van der Waals surface area (Å²) < 4.78 is 2.13. The lowest BCUT2D eigenvalue weighted by atomic mass is 10.1. The first kappa shape index (κ1) is 20.7. The van der Waals surface area contributed by atoms with E-state index >= 15 is 0 Å². The summed E-state index contributed by atoms with van der Waals surface area (Å²) in [6.45, 7) is 8.24. The molecule has 1 aliphatic heterocycles. The number of rotatable bonds is 4. The number of amides is 1. The lowest BCUT2D eigenvalue weighted by Crippen LogP contribution is -2.49. The number of aryl methyl sites for hydroxylation is 2. The van der Waals surface area contributed by atoms with E-state index in [1.54, 1.807) is 18.2 Å². The number of nitro groups is 1. The topological polar surface area (TPSA) is 71.6 Å². The van der Waals surface area contributed by atoms with Crippen molar-refractivity contribution in [3.8, 4) is 5.69 Å². The minimum atomic E-state index is -0.354. The molecule has 1 amide bonds. The van der Waals surface area contributed by atoms with E-state index in [2.05, 4.69) is 23.6 Å². The predicted octanol–water partition coefficient (Wildman–Crippen LogP) is 4.27. The smallest absolute Gasteiger partial charge is 0.292 e. The van der Waals surface area contributed by atoms with Crippen LogP contribution in [0.3, 0.4) is 0 Å². The Labute approximate surface area is 181 Å². The third-order valence-corrected chi connectivity index (χ3v) is 6.00. The normalized spacial score (nSPS) is 14.0. The van der Waals surface area contributed by atoms with Crippen LogP contribution in [0.1, 0.15) is 27.3 Å². The van der Waals surface area contributed by atoms with Crippen LogP contribution in [-0.2, 0) is 0 Å². The Balaban J connectivity index is 1.53. The maximum Gasteiger partial charge on any atom is 0.292 e. The average Bonchev–Trinajstić information content (AvgIpc) is 3.07. The molecular weight excluding hydrogens is 392 g/mol. The number of para-hydroxylation sites is 3. The number of nitrogens with zero attached hydrogens (tertiary/aromatic N) is 4. The molecule has 3 aromatic rings. The molecule has 1 saturated heterocycles. The zero-order chi connectivity index (χ0) is 22.1. The summed E-state index contributed by atoms with van der Waals surface area (Å²) in [5.41, 5.74) is 5.60. The Bertz CT molecular complexity index is 1140. The number of aromatic nitrogens is 1. The molecule has 0 radical (unpaired) electrons. The van der Waals surface area contributed by atoms with E-state index in [-0.39, 0.29) is 16.5 Å². The highest BCUT2D eigenvalue weighted by molar-refractivity contribution is 5.96. The van der Waals surface area contributed by atoms with Gasteiger partial charge in [-0.15, -0.1) is 0 Å². The molecule has 4 rings (SSSR count). The minimum Gasteiger partial charge on any atom is -0.362 e. The van der Waals surface area contributed by atoms with Gasteiger partial charge in [0.2, 0.25) is 0 Å². The van der Waals surface area contributed by atoms with Gasteiger partial charge >= 0.3 is 0 Å². The second-order valence-electron chi connectivity index (χ2n) is 7.93. The summed E-state index contributed by atoms with van der Waals surface area (Å²) >= 11 is 0. The van der Waals surface area contributed by atoms with Gasteiger partial charge < -0.3 is 14.4 Å². The molecule has 2 heterocycles. The van der Waals surface area contributed by atoms with Crippen molar-refractivity contribution in [2.24, 2.45) is 0 Å². The fraction of sp³-hybridized carbons (Fsp3) is 0.292. The second kappa shape index (κ2) is 8.26. The molecule has 7 heteroatoms. The highest BCUT2D eigenvalue weighted by Gasteiger charge is 2.28. The van der Waals surface area contributed by atoms with Crippen molar-refractivity contribution in [2.45, 2.75) is 20.8 Å². The van der Waals surface area contributed by atoms with E-state index in [1.165, 1.54) is 6.07 Å². The summed E-state index contributed by atoms with van der Waals surface area (Å²) in [7, 11) is 0. The van der Waals surface area contributed by atoms with Crippen LogP contribution in [-0.4, -0.2) is 46.5 Å². The number of hydrogen-bond donors (Lipinski definition) is 0. The second-order valence-corrected chi connectivity index (χ2v) is 7.93. The zero-order valence-electron chi connectivity index (χ0n) is 18.0. The number of carbonyl (C=O) groups is 1. The van der Waals surface area contributed by atoms with Gasteiger partial charge in [-0.25, -0.2) is 0 Å². The molecule has 0 saturated carbocycles. The third kappa shape index (κ3) is 3.79. The monoisotopic (exact) mass is 418 g/mol. The summed E-state index contributed by atoms with van der Waals surface area (Å²) in [5, 5.41) is 11.3. The Kier molecular flexibility index (Phi) is 5.50. The lowest BCUT2D eigenvalue weighted by Gasteiger charge is -2.35. The maximum absolute atomic E-state index is 13.3. The van der Waals surface area contributed by atoms with E-state index in [1.807, 2.05) is 41.8 Å². The van der Waals surface area contributed by atoms with Crippen LogP contribution in [0.25, 0.3) is 5.69 Å². The molecule has 0 atom stereocenters. The average molecular weight is 418 g/mol. The largest absolute Gasteiger partial charge is 0.362 e. The standard InChI is InChI=1S/C24H26N4O3/c1-17-8-4-5-9-21(17)27-18(2)16-20(19(27)3)24(29)26-14-12-25(13-15-26)22-10-6-7-11-23(22)28(30)31/h4-11,16H,12-15H2,1-3H3. The summed E-state index contributed by atoms with van der Waals surface area (Å²) in [6, 6.07) is 16.9. The number of benzene rings is 2. The van der Waals surface area contributed by atoms with Crippen LogP contribution in [0.5, 0.6) is 0 Å². The van der Waals surface area contributed by atoms with Crippen LogP contribution in [0.2, 0.25) is 0 Å². The molecule has 0 N–H and O–H groups in total. The zero-order valence-corrected chi connectivity index (χ0v) is 18.0. The minimum absolute atomic E-state index is 0.00939. The first-order valence-corrected chi connectivity index (χ1v) is 10.4. The summed E-state index contributed by atoms with van der Waals surface area (Å²) in [5.74, 6) is 0.00939. The van der Waals surface area contributed by atoms with E-state index < -0.39 is 0 Å². The van der Waals surface area contributed by atoms with Gasteiger partial charge in [0.25, 0.3) is 11.6 Å². The van der Waals surface area contributed by atoms with E-state index in [0.717, 1.165) is 22.6 Å². The van der Waals surface area contributed by atoms with Crippen molar-refractivity contribution in [1.29, 1.82) is 0 Å². The third-order valence-electron chi connectivity index (χ3n) is 6.00. The molecule has 1 aromatic heterocycles. The van der Waals surface area contributed by atoms with Crippen LogP contribution >= 0.6 is 0 Å². The van der Waals surface area contributed by atoms with Crippen molar-refractivity contribution in [1.82, 2.24) is 9.47 Å². The fourth-order valence-corrected chi connectivity index (χ4v) is 4.37. The predicted molar refractivity (Wildman–Crippen MR) is 121 cm³/mol. The first-order valence-electron chi connectivity index (χ1n) is 10.4. The molecule has 1 fully saturated rings. The quantitative estimate of drug-likeness (QED) is 0.469. The van der Waals surface area contributed by atoms with Crippen LogP contribution in [0.4, 0.5) is 11.4 Å². The van der Waals surface area contributed by atoms with E-state index in [4.69, 9.17) is 0 Å². The van der Waals surface area contributed by atoms with Gasteiger partial charge in [0.15, 0.2) is 0 Å². The van der Waals surface area contributed by atoms with Gasteiger partial charge in [-0.05, 0) is 44.5 Å². The molecule has 31 heavy (non-hydrogen) atoms. The van der Waals surface area contributed by atoms with Gasteiger partial charge in [0, 0.05) is 49.3 Å². The molecule has 0 spiro atoms. The maximum atomic E-state index is 13.3. The Morgan fingerprint density at radius 1 is 0.903 bits per heavy atom. The first-order chi connectivity index (χ1) is 14.9. The van der Waals surface area contributed by atoms with Crippen molar-refractivity contribution < 1.29 is 9.72 Å². The number of piperazine rings is 1. The number of nitro benzene ring substituents is 1. The Morgan fingerprint density at radius 2 is 1.52 bits per heavy atom. The van der Waals surface area contributed by atoms with Crippen LogP contribution < -0.4 is 4.90 Å². The van der Waals surface area contributed by atoms with Crippen LogP contribution in [0.15, 0.2) is 54.6 Å². The fourth-order valence-electron chi connectivity index (χ4n) is 4.37. The molecule has 2 aromatic carbocycles. The Hall–Kier alpha value is -3.61. The molecule has 1 aliphatic rings. The number of hydrogen-bond acceptors (Lipinski definition) is 4. The van der Waals surface area contributed by atoms with Gasteiger partial charge in [-0.3, -0.25) is 14.9 Å². The summed E-state index contributed by atoms with van der Waals surface area (Å²) in [6.07, 6.45) is 0. The van der Waals surface area contributed by atoms with Crippen molar-refractivity contribution in [2.75, 3.05) is 31.1 Å². The van der Waals surface area contributed by atoms with Gasteiger partial charge in [-0.1, -0.05) is 30.3 Å². The Morgan fingerprint density at radius 3 is 2.16 bits per heavy atom. The molecule has 0 bridgehead atoms. The van der Waals surface area contributed by atoms with E-state index in [9.17, 15) is 14.9 Å². The molecule has 0 unspecified atom stereocenters. The van der Waals surface area contributed by atoms with Gasteiger partial charge in [-0.2, -0.15) is 0 Å². The molecule has 160 valence electrons. The molecule has 0 aliphatic carbocycles. The van der Waals surface area contributed by atoms with Crippen molar-refractivity contribution >= 4 is 17.3 Å². The molecule has 7 nitrogen and oxygen atoms in total. The van der Waals surface area contributed by atoms with Crippen molar-refractivity contribution in [3.05, 3.63) is 87.2 Å². The van der Waals surface area contributed by atoms with Crippen molar-refractivity contribution in [3.63, 3.8) is 0 Å². The highest BCUT2D eigenvalue weighted by Crippen LogP contribution is 2.29. The van der Waals surface area contributed by atoms with E-state index in [0.29, 0.717) is 37.4 Å². The SMILES string of the molecule is Cc1ccccc1-n1c(C)cc(C(=O)N2CCN(c3ccccc3[N+](=O)[O-])CC2)c1C. The number of carbonyl (C=O) groups excluding carboxylic acids is 1. The lowest BCUT2D eigenvalue weighted by molar-refractivity contribution is -0.384. The molecular formula is C24H26N4O3. The highest BCUT2D eigenvalue weighted by atomic mass is 16.6. The summed E-state index contributed by atoms with van der Waals surface area (Å²) in [4.78, 5) is 28.1. The van der Waals surface area contributed by atoms with Crippen LogP contribution in [0, 0.1) is 30.9 Å². The van der Waals surface area contributed by atoms with Gasteiger partial charge in [0.05, 0.1) is 10.5 Å². The van der Waals surface area contributed by atoms with Gasteiger partial charge in [0.1, 0.15) is 5.69 Å².